The topological polar surface area (TPSA) is 53.5 Å². The zero-order valence-electron chi connectivity index (χ0n) is 16.2. The minimum atomic E-state index is -0.388. The van der Waals surface area contributed by atoms with Gasteiger partial charge in [-0.15, -0.1) is 0 Å². The number of phenols is 1. The lowest BCUT2D eigenvalue weighted by molar-refractivity contribution is 0.303. The van der Waals surface area contributed by atoms with Gasteiger partial charge in [0.25, 0.3) is 0 Å². The molecular weight excluding hydrogens is 410 g/mol. The Balaban J connectivity index is 1.56. The Morgan fingerprint density at radius 1 is 1.03 bits per heavy atom. The number of aromatic hydroxyl groups is 1. The Morgan fingerprint density at radius 3 is 2.50 bits per heavy atom. The largest absolute Gasteiger partial charge is 0.507 e. The zero-order chi connectivity index (χ0) is 21.3. The van der Waals surface area contributed by atoms with Gasteiger partial charge in [0.2, 0.25) is 0 Å². The number of rotatable bonds is 5. The highest BCUT2D eigenvalue weighted by Crippen LogP contribution is 2.44. The Bertz CT molecular complexity index is 1030. The summed E-state index contributed by atoms with van der Waals surface area (Å²) in [5.41, 5.74) is 8.07. The minimum Gasteiger partial charge on any atom is -0.507 e. The van der Waals surface area contributed by atoms with Crippen molar-refractivity contribution < 1.29 is 18.6 Å². The van der Waals surface area contributed by atoms with Gasteiger partial charge in [0, 0.05) is 34.2 Å². The maximum atomic E-state index is 14.6. The minimum absolute atomic E-state index is 0.0254. The quantitative estimate of drug-likeness (QED) is 0.519. The highest BCUT2D eigenvalue weighted by Gasteiger charge is 2.39. The Labute approximate surface area is 178 Å². The Kier molecular flexibility index (Phi) is 5.90. The summed E-state index contributed by atoms with van der Waals surface area (Å²) in [5.74, 6) is -0.515. The van der Waals surface area contributed by atoms with Crippen molar-refractivity contribution in [3.63, 3.8) is 0 Å². The van der Waals surface area contributed by atoms with Crippen molar-refractivity contribution in [2.24, 2.45) is 0 Å². The average Bonchev–Trinajstić information content (AvgIpc) is 3.08. The van der Waals surface area contributed by atoms with E-state index in [0.717, 1.165) is 5.56 Å². The molecule has 1 saturated heterocycles. The first-order chi connectivity index (χ1) is 14.4. The molecule has 156 valence electrons. The molecular formula is C23H21ClF2N2O2. The van der Waals surface area contributed by atoms with Crippen LogP contribution >= 0.6 is 11.6 Å². The molecule has 3 aromatic rings. The van der Waals surface area contributed by atoms with Crippen molar-refractivity contribution in [2.75, 3.05) is 0 Å². The molecule has 0 radical (unpaired) electrons. The first kappa shape index (κ1) is 20.6. The van der Waals surface area contributed by atoms with Crippen LogP contribution in [0.2, 0.25) is 5.02 Å². The number of nitrogens with one attached hydrogen (secondary N) is 2. The van der Waals surface area contributed by atoms with E-state index in [-0.39, 0.29) is 42.0 Å². The van der Waals surface area contributed by atoms with Gasteiger partial charge in [0.05, 0.1) is 6.04 Å². The molecule has 3 N–H and O–H groups in total. The molecule has 7 heteroatoms. The van der Waals surface area contributed by atoms with E-state index in [2.05, 4.69) is 10.9 Å². The smallest absolute Gasteiger partial charge is 0.128 e. The SMILES string of the molecule is CC1NNC(c2ccc(OCc3ccc(F)cc3)cc2O)C1c1c(F)cccc1Cl. The first-order valence-electron chi connectivity index (χ1n) is 9.59. The number of benzene rings is 3. The summed E-state index contributed by atoms with van der Waals surface area (Å²) in [7, 11) is 0. The monoisotopic (exact) mass is 430 g/mol. The van der Waals surface area contributed by atoms with E-state index < -0.39 is 0 Å². The van der Waals surface area contributed by atoms with Gasteiger partial charge in [-0.3, -0.25) is 5.43 Å². The van der Waals surface area contributed by atoms with Gasteiger partial charge in [-0.1, -0.05) is 35.9 Å². The van der Waals surface area contributed by atoms with E-state index in [1.807, 2.05) is 6.92 Å². The first-order valence-corrected chi connectivity index (χ1v) is 9.97. The second-order valence-electron chi connectivity index (χ2n) is 7.35. The summed E-state index contributed by atoms with van der Waals surface area (Å²) in [4.78, 5) is 0. The predicted octanol–water partition coefficient (Wildman–Crippen LogP) is 5.22. The third kappa shape index (κ3) is 4.12. The maximum absolute atomic E-state index is 14.6. The van der Waals surface area contributed by atoms with Gasteiger partial charge in [-0.2, -0.15) is 0 Å². The van der Waals surface area contributed by atoms with E-state index in [0.29, 0.717) is 21.9 Å². The summed E-state index contributed by atoms with van der Waals surface area (Å²) in [5, 5.41) is 11.0. The summed E-state index contributed by atoms with van der Waals surface area (Å²) < 4.78 is 33.3. The number of hydrazine groups is 1. The average molecular weight is 431 g/mol. The van der Waals surface area contributed by atoms with E-state index in [1.54, 1.807) is 36.4 Å². The molecule has 0 spiro atoms. The van der Waals surface area contributed by atoms with E-state index in [4.69, 9.17) is 16.3 Å². The van der Waals surface area contributed by atoms with Gasteiger partial charge in [-0.05, 0) is 42.8 Å². The van der Waals surface area contributed by atoms with Gasteiger partial charge < -0.3 is 9.84 Å². The van der Waals surface area contributed by atoms with Crippen molar-refractivity contribution in [1.29, 1.82) is 0 Å². The van der Waals surface area contributed by atoms with Crippen LogP contribution in [-0.4, -0.2) is 11.1 Å². The molecule has 3 atom stereocenters. The fourth-order valence-corrected chi connectivity index (χ4v) is 4.12. The maximum Gasteiger partial charge on any atom is 0.128 e. The molecule has 0 aliphatic carbocycles. The van der Waals surface area contributed by atoms with Crippen LogP contribution < -0.4 is 15.6 Å². The lowest BCUT2D eigenvalue weighted by atomic mass is 9.83. The van der Waals surface area contributed by atoms with Gasteiger partial charge in [-0.25, -0.2) is 14.2 Å². The highest BCUT2D eigenvalue weighted by atomic mass is 35.5. The molecule has 1 aliphatic heterocycles. The third-order valence-corrected chi connectivity index (χ3v) is 5.68. The van der Waals surface area contributed by atoms with E-state index in [9.17, 15) is 13.9 Å². The summed E-state index contributed by atoms with van der Waals surface area (Å²) >= 11 is 6.30. The van der Waals surface area contributed by atoms with Gasteiger partial charge >= 0.3 is 0 Å². The molecule has 4 nitrogen and oxygen atoms in total. The molecule has 0 bridgehead atoms. The molecule has 0 amide bonds. The zero-order valence-corrected chi connectivity index (χ0v) is 17.0. The normalized spacial score (nSPS) is 21.0. The van der Waals surface area contributed by atoms with Crippen molar-refractivity contribution >= 4 is 11.6 Å². The van der Waals surface area contributed by atoms with Crippen LogP contribution in [-0.2, 0) is 6.61 Å². The van der Waals surface area contributed by atoms with E-state index in [1.165, 1.54) is 24.3 Å². The molecule has 3 aromatic carbocycles. The highest BCUT2D eigenvalue weighted by molar-refractivity contribution is 6.31. The summed E-state index contributed by atoms with van der Waals surface area (Å²) in [6.45, 7) is 2.17. The number of hydrogen-bond donors (Lipinski definition) is 3. The molecule has 0 aromatic heterocycles. The summed E-state index contributed by atoms with van der Waals surface area (Å²) in [6, 6.07) is 15.1. The Morgan fingerprint density at radius 2 is 1.80 bits per heavy atom. The summed E-state index contributed by atoms with van der Waals surface area (Å²) in [6.07, 6.45) is 0. The van der Waals surface area contributed by atoms with E-state index >= 15 is 0 Å². The molecule has 4 rings (SSSR count). The van der Waals surface area contributed by atoms with Crippen molar-refractivity contribution in [3.8, 4) is 11.5 Å². The van der Waals surface area contributed by atoms with Crippen LogP contribution in [0.15, 0.2) is 60.7 Å². The molecule has 1 heterocycles. The molecule has 3 unspecified atom stereocenters. The number of ether oxygens (including phenoxy) is 1. The van der Waals surface area contributed by atoms with Gasteiger partial charge in [0.1, 0.15) is 29.7 Å². The van der Waals surface area contributed by atoms with Crippen LogP contribution in [0.3, 0.4) is 0 Å². The molecule has 1 fully saturated rings. The molecule has 1 aliphatic rings. The predicted molar refractivity (Wildman–Crippen MR) is 111 cm³/mol. The number of phenolic OH excluding ortho intramolecular Hbond substituents is 1. The lowest BCUT2D eigenvalue weighted by Crippen LogP contribution is -2.29. The van der Waals surface area contributed by atoms with Crippen LogP contribution in [0.4, 0.5) is 8.78 Å². The third-order valence-electron chi connectivity index (χ3n) is 5.35. The van der Waals surface area contributed by atoms with Crippen LogP contribution in [0.25, 0.3) is 0 Å². The van der Waals surface area contributed by atoms with Crippen LogP contribution in [0.1, 0.15) is 35.6 Å². The van der Waals surface area contributed by atoms with Crippen molar-refractivity contribution in [1.82, 2.24) is 10.9 Å². The number of halogens is 3. The fraction of sp³-hybridized carbons (Fsp3) is 0.217. The van der Waals surface area contributed by atoms with Crippen LogP contribution in [0, 0.1) is 11.6 Å². The van der Waals surface area contributed by atoms with Crippen molar-refractivity contribution in [3.05, 3.63) is 94.0 Å². The molecule has 0 saturated carbocycles. The standard InChI is InChI=1S/C23H21ClF2N2O2/c1-13-21(22-18(24)3-2-4-19(22)26)23(28-27-13)17-10-9-16(11-20(17)29)30-12-14-5-7-15(25)8-6-14/h2-11,13,21,23,27-29H,12H2,1H3. The second kappa shape index (κ2) is 8.60. The lowest BCUT2D eigenvalue weighted by Gasteiger charge is -2.24. The van der Waals surface area contributed by atoms with Gasteiger partial charge in [0.15, 0.2) is 0 Å². The fourth-order valence-electron chi connectivity index (χ4n) is 3.83. The Hall–Kier alpha value is -2.67. The second-order valence-corrected chi connectivity index (χ2v) is 7.76. The molecule has 30 heavy (non-hydrogen) atoms. The van der Waals surface area contributed by atoms with Crippen molar-refractivity contribution in [2.45, 2.75) is 31.5 Å². The van der Waals surface area contributed by atoms with Crippen LogP contribution in [0.5, 0.6) is 11.5 Å². The number of hydrogen-bond acceptors (Lipinski definition) is 4.